The highest BCUT2D eigenvalue weighted by Gasteiger charge is 2.13. The van der Waals surface area contributed by atoms with Crippen LogP contribution in [0, 0.1) is 0 Å². The number of carbonyl (C=O) groups is 2. The van der Waals surface area contributed by atoms with Crippen molar-refractivity contribution in [3.63, 3.8) is 0 Å². The highest BCUT2D eigenvalue weighted by atomic mass is 16.7. The van der Waals surface area contributed by atoms with Gasteiger partial charge in [0.2, 0.25) is 0 Å². The summed E-state index contributed by atoms with van der Waals surface area (Å²) in [5.41, 5.74) is 0.923. The molecule has 168 valence electrons. The van der Waals surface area contributed by atoms with E-state index in [-0.39, 0.29) is 37.7 Å². The van der Waals surface area contributed by atoms with Gasteiger partial charge >= 0.3 is 11.9 Å². The molecule has 0 fully saturated rings. The van der Waals surface area contributed by atoms with Gasteiger partial charge in [-0.05, 0) is 58.0 Å². The standard InChI is InChI=1S/C24H30O7/c1-17(2)30-24(26)21-11-8-12-22(13-21)29-16-28-18(3)14-27-15-19(4)31-23(25)20-9-6-5-7-10-20/h5-13,17-19H,14-16H2,1-4H3. The van der Waals surface area contributed by atoms with Gasteiger partial charge in [0.15, 0.2) is 6.79 Å². The molecule has 7 heteroatoms. The number of hydrogen-bond donors (Lipinski definition) is 0. The first-order chi connectivity index (χ1) is 14.8. The summed E-state index contributed by atoms with van der Waals surface area (Å²) < 4.78 is 27.2. The smallest absolute Gasteiger partial charge is 0.338 e. The third kappa shape index (κ3) is 9.19. The van der Waals surface area contributed by atoms with Crippen LogP contribution < -0.4 is 4.74 Å². The molecule has 31 heavy (non-hydrogen) atoms. The third-order valence-corrected chi connectivity index (χ3v) is 4.01. The lowest BCUT2D eigenvalue weighted by molar-refractivity contribution is -0.0734. The molecule has 0 heterocycles. The van der Waals surface area contributed by atoms with Crippen LogP contribution in [0.4, 0.5) is 0 Å². The van der Waals surface area contributed by atoms with Crippen LogP contribution in [-0.2, 0) is 18.9 Å². The Labute approximate surface area is 183 Å². The Bertz CT molecular complexity index is 820. The predicted molar refractivity (Wildman–Crippen MR) is 115 cm³/mol. The van der Waals surface area contributed by atoms with Crippen molar-refractivity contribution in [1.29, 1.82) is 0 Å². The van der Waals surface area contributed by atoms with Crippen LogP contribution in [0.15, 0.2) is 54.6 Å². The summed E-state index contributed by atoms with van der Waals surface area (Å²) in [6.45, 7) is 7.79. The Morgan fingerprint density at radius 1 is 0.774 bits per heavy atom. The molecule has 0 radical (unpaired) electrons. The summed E-state index contributed by atoms with van der Waals surface area (Å²) in [6, 6.07) is 15.5. The van der Waals surface area contributed by atoms with Gasteiger partial charge in [-0.3, -0.25) is 0 Å². The molecule has 2 aromatic rings. The zero-order chi connectivity index (χ0) is 22.6. The predicted octanol–water partition coefficient (Wildman–Crippen LogP) is 4.26. The van der Waals surface area contributed by atoms with Crippen molar-refractivity contribution in [2.45, 2.75) is 46.0 Å². The lowest BCUT2D eigenvalue weighted by Crippen LogP contribution is -2.24. The van der Waals surface area contributed by atoms with Gasteiger partial charge in [-0.25, -0.2) is 9.59 Å². The molecule has 2 atom stereocenters. The van der Waals surface area contributed by atoms with E-state index in [0.717, 1.165) is 0 Å². The average molecular weight is 430 g/mol. The molecule has 2 unspecified atom stereocenters. The van der Waals surface area contributed by atoms with Crippen molar-refractivity contribution in [2.24, 2.45) is 0 Å². The van der Waals surface area contributed by atoms with Gasteiger partial charge in [0.25, 0.3) is 0 Å². The molecule has 0 aliphatic rings. The minimum Gasteiger partial charge on any atom is -0.468 e. The van der Waals surface area contributed by atoms with E-state index in [2.05, 4.69) is 0 Å². The maximum Gasteiger partial charge on any atom is 0.338 e. The van der Waals surface area contributed by atoms with Crippen molar-refractivity contribution >= 4 is 11.9 Å². The molecule has 2 rings (SSSR count). The Balaban J connectivity index is 1.64. The Morgan fingerprint density at radius 3 is 2.13 bits per heavy atom. The van der Waals surface area contributed by atoms with Crippen molar-refractivity contribution < 1.29 is 33.3 Å². The number of carbonyl (C=O) groups excluding carboxylic acids is 2. The zero-order valence-electron chi connectivity index (χ0n) is 18.4. The largest absolute Gasteiger partial charge is 0.468 e. The van der Waals surface area contributed by atoms with E-state index in [1.165, 1.54) is 0 Å². The van der Waals surface area contributed by atoms with Gasteiger partial charge in [0.1, 0.15) is 11.9 Å². The van der Waals surface area contributed by atoms with E-state index in [9.17, 15) is 9.59 Å². The number of esters is 2. The SMILES string of the molecule is CC(C)OC(=O)c1cccc(OCOC(C)COCC(C)OC(=O)c2ccccc2)c1. The first-order valence-electron chi connectivity index (χ1n) is 10.2. The first kappa shape index (κ1) is 24.4. The van der Waals surface area contributed by atoms with Crippen LogP contribution in [-0.4, -0.2) is 50.3 Å². The fraction of sp³-hybridized carbons (Fsp3) is 0.417. The van der Waals surface area contributed by atoms with Gasteiger partial charge < -0.3 is 23.7 Å². The Hall–Kier alpha value is -2.90. The fourth-order valence-electron chi connectivity index (χ4n) is 2.52. The number of hydrogen-bond acceptors (Lipinski definition) is 7. The molecule has 0 aromatic heterocycles. The molecule has 0 spiro atoms. The average Bonchev–Trinajstić information content (AvgIpc) is 2.74. The van der Waals surface area contributed by atoms with Crippen LogP contribution in [0.3, 0.4) is 0 Å². The second-order valence-corrected chi connectivity index (χ2v) is 7.34. The van der Waals surface area contributed by atoms with Crippen molar-refractivity contribution in [2.75, 3.05) is 20.0 Å². The Morgan fingerprint density at radius 2 is 1.42 bits per heavy atom. The molecule has 0 saturated heterocycles. The highest BCUT2D eigenvalue weighted by Crippen LogP contribution is 2.15. The molecule has 0 N–H and O–H groups in total. The topological polar surface area (TPSA) is 80.3 Å². The van der Waals surface area contributed by atoms with E-state index in [1.807, 2.05) is 13.0 Å². The van der Waals surface area contributed by atoms with Crippen LogP contribution in [0.5, 0.6) is 5.75 Å². The molecule has 2 aromatic carbocycles. The van der Waals surface area contributed by atoms with Crippen LogP contribution in [0.2, 0.25) is 0 Å². The van der Waals surface area contributed by atoms with Gasteiger partial charge in [0, 0.05) is 0 Å². The molecule has 0 aliphatic carbocycles. The van der Waals surface area contributed by atoms with Gasteiger partial charge in [-0.15, -0.1) is 0 Å². The second-order valence-electron chi connectivity index (χ2n) is 7.34. The molecule has 0 saturated carbocycles. The van der Waals surface area contributed by atoms with Gasteiger partial charge in [-0.2, -0.15) is 0 Å². The van der Waals surface area contributed by atoms with Crippen LogP contribution in [0.25, 0.3) is 0 Å². The molecule has 0 aliphatic heterocycles. The summed E-state index contributed by atoms with van der Waals surface area (Å²) in [4.78, 5) is 24.0. The van der Waals surface area contributed by atoms with Gasteiger partial charge in [0.05, 0.1) is 36.5 Å². The number of rotatable bonds is 12. The normalized spacial score (nSPS) is 12.8. The van der Waals surface area contributed by atoms with Crippen LogP contribution in [0.1, 0.15) is 48.4 Å². The van der Waals surface area contributed by atoms with Crippen molar-refractivity contribution in [1.82, 2.24) is 0 Å². The minimum absolute atomic E-state index is 0.00571. The van der Waals surface area contributed by atoms with Crippen LogP contribution >= 0.6 is 0 Å². The van der Waals surface area contributed by atoms with E-state index in [1.54, 1.807) is 69.3 Å². The molecule has 0 amide bonds. The summed E-state index contributed by atoms with van der Waals surface area (Å²) in [6.07, 6.45) is -0.804. The minimum atomic E-state index is -0.398. The van der Waals surface area contributed by atoms with E-state index >= 15 is 0 Å². The summed E-state index contributed by atoms with van der Waals surface area (Å²) in [5, 5.41) is 0. The molecular formula is C24H30O7. The van der Waals surface area contributed by atoms with E-state index < -0.39 is 5.97 Å². The fourth-order valence-corrected chi connectivity index (χ4v) is 2.52. The van der Waals surface area contributed by atoms with Crippen molar-refractivity contribution in [3.8, 4) is 5.75 Å². The number of benzene rings is 2. The number of ether oxygens (including phenoxy) is 5. The van der Waals surface area contributed by atoms with Gasteiger partial charge in [-0.1, -0.05) is 24.3 Å². The Kier molecular flexibility index (Phi) is 10.00. The summed E-state index contributed by atoms with van der Waals surface area (Å²) >= 11 is 0. The summed E-state index contributed by atoms with van der Waals surface area (Å²) in [7, 11) is 0. The maximum atomic E-state index is 12.0. The van der Waals surface area contributed by atoms with E-state index in [4.69, 9.17) is 23.7 Å². The maximum absolute atomic E-state index is 12.0. The molecule has 7 nitrogen and oxygen atoms in total. The quantitative estimate of drug-likeness (QED) is 0.368. The van der Waals surface area contributed by atoms with Crippen molar-refractivity contribution in [3.05, 3.63) is 65.7 Å². The lowest BCUT2D eigenvalue weighted by Gasteiger charge is -2.17. The molecular weight excluding hydrogens is 400 g/mol. The monoisotopic (exact) mass is 430 g/mol. The third-order valence-electron chi connectivity index (χ3n) is 4.01. The lowest BCUT2D eigenvalue weighted by atomic mass is 10.2. The van der Waals surface area contributed by atoms with E-state index in [0.29, 0.717) is 23.5 Å². The highest BCUT2D eigenvalue weighted by molar-refractivity contribution is 5.90. The zero-order valence-corrected chi connectivity index (χ0v) is 18.4. The first-order valence-corrected chi connectivity index (χ1v) is 10.2. The summed E-state index contributed by atoms with van der Waals surface area (Å²) in [5.74, 6) is -0.271. The second kappa shape index (κ2) is 12.7. The molecule has 0 bridgehead atoms.